The zero-order valence-electron chi connectivity index (χ0n) is 15.7. The molecule has 2 aromatic heterocycles. The van der Waals surface area contributed by atoms with Crippen molar-refractivity contribution in [2.45, 2.75) is 18.6 Å². The quantitative estimate of drug-likeness (QED) is 0.577. The molecule has 1 aliphatic heterocycles. The Morgan fingerprint density at radius 2 is 1.96 bits per heavy atom. The van der Waals surface area contributed by atoms with E-state index in [9.17, 15) is 4.79 Å². The molecule has 1 fully saturated rings. The van der Waals surface area contributed by atoms with Crippen molar-refractivity contribution in [3.8, 4) is 5.69 Å². The molecule has 4 rings (SSSR count). The van der Waals surface area contributed by atoms with E-state index in [0.29, 0.717) is 10.9 Å². The van der Waals surface area contributed by atoms with Crippen molar-refractivity contribution in [1.29, 1.82) is 0 Å². The first-order chi connectivity index (χ1) is 13.7. The number of para-hydroxylation sites is 1. The van der Waals surface area contributed by atoms with Gasteiger partial charge in [0.05, 0.1) is 11.4 Å². The van der Waals surface area contributed by atoms with Gasteiger partial charge in [-0.15, -0.1) is 16.4 Å². The summed E-state index contributed by atoms with van der Waals surface area (Å²) in [6.07, 6.45) is 0. The number of thiophene rings is 1. The molecule has 0 unspecified atom stereocenters. The number of rotatable bonds is 6. The van der Waals surface area contributed by atoms with Crippen LogP contribution in [0.1, 0.15) is 10.4 Å². The summed E-state index contributed by atoms with van der Waals surface area (Å²) in [5.74, 6) is 0.483. The molecule has 0 saturated carbocycles. The fraction of sp³-hybridized carbons (Fsp3) is 0.368. The minimum absolute atomic E-state index is 0.139. The number of thioether (sulfide) groups is 1. The van der Waals surface area contributed by atoms with E-state index < -0.39 is 0 Å². The number of nitrogens with zero attached hydrogens (tertiary/aromatic N) is 6. The maximum atomic E-state index is 12.6. The molecule has 0 N–H and O–H groups in total. The Labute approximate surface area is 172 Å². The molecule has 0 radical (unpaired) electrons. The summed E-state index contributed by atoms with van der Waals surface area (Å²) >= 11 is 3.17. The van der Waals surface area contributed by atoms with Crippen LogP contribution in [0.4, 0.5) is 0 Å². The van der Waals surface area contributed by atoms with Crippen LogP contribution in [0.5, 0.6) is 0 Å². The maximum Gasteiger partial charge on any atom is 0.233 e. The summed E-state index contributed by atoms with van der Waals surface area (Å²) in [5.41, 5.74) is 2.02. The third kappa shape index (κ3) is 4.43. The predicted octanol–water partition coefficient (Wildman–Crippen LogP) is 2.47. The van der Waals surface area contributed by atoms with E-state index in [0.717, 1.165) is 44.0 Å². The number of aryl methyl sites for hydroxylation is 1. The second kappa shape index (κ2) is 8.85. The second-order valence-corrected chi connectivity index (χ2v) is 8.66. The molecule has 0 bridgehead atoms. The summed E-state index contributed by atoms with van der Waals surface area (Å²) in [6.45, 7) is 6.36. The zero-order valence-corrected chi connectivity index (χ0v) is 17.3. The average Bonchev–Trinajstić information content (AvgIpc) is 3.39. The lowest BCUT2D eigenvalue weighted by Crippen LogP contribution is -2.48. The van der Waals surface area contributed by atoms with Crippen LogP contribution in [0.3, 0.4) is 0 Å². The number of carbonyl (C=O) groups excluding carboxylic acids is 1. The van der Waals surface area contributed by atoms with E-state index in [1.165, 1.54) is 16.6 Å². The molecule has 1 aliphatic rings. The number of piperazine rings is 1. The summed E-state index contributed by atoms with van der Waals surface area (Å²) in [5, 5.41) is 14.7. The summed E-state index contributed by atoms with van der Waals surface area (Å²) in [6, 6.07) is 12.2. The molecule has 9 heteroatoms. The summed E-state index contributed by atoms with van der Waals surface area (Å²) in [7, 11) is 0. The Hall–Kier alpha value is -2.23. The molecule has 0 atom stereocenters. The summed E-state index contributed by atoms with van der Waals surface area (Å²) < 4.78 is 1.70. The second-order valence-electron chi connectivity index (χ2n) is 6.68. The largest absolute Gasteiger partial charge is 0.339 e. The number of amides is 1. The fourth-order valence-corrected chi connectivity index (χ4v) is 4.75. The van der Waals surface area contributed by atoms with Crippen molar-refractivity contribution >= 4 is 29.0 Å². The first kappa shape index (κ1) is 19.1. The van der Waals surface area contributed by atoms with Crippen molar-refractivity contribution < 1.29 is 4.79 Å². The van der Waals surface area contributed by atoms with Crippen LogP contribution in [0.15, 0.2) is 46.9 Å². The SMILES string of the molecule is Cc1ccccc1-n1nnnc1SCC(=O)N1CCN(Cc2cccs2)CC1. The van der Waals surface area contributed by atoms with E-state index in [-0.39, 0.29) is 5.91 Å². The van der Waals surface area contributed by atoms with Gasteiger partial charge in [0.15, 0.2) is 0 Å². The van der Waals surface area contributed by atoms with Gasteiger partial charge in [0.2, 0.25) is 11.1 Å². The van der Waals surface area contributed by atoms with E-state index in [4.69, 9.17) is 0 Å². The molecular weight excluding hydrogens is 392 g/mol. The number of aromatic nitrogens is 4. The maximum absolute atomic E-state index is 12.6. The first-order valence-electron chi connectivity index (χ1n) is 9.20. The van der Waals surface area contributed by atoms with Crippen LogP contribution in [0.25, 0.3) is 5.69 Å². The zero-order chi connectivity index (χ0) is 19.3. The molecule has 3 aromatic rings. The van der Waals surface area contributed by atoms with Crippen molar-refractivity contribution in [3.63, 3.8) is 0 Å². The van der Waals surface area contributed by atoms with E-state index in [1.807, 2.05) is 36.1 Å². The van der Waals surface area contributed by atoms with Crippen LogP contribution in [0.2, 0.25) is 0 Å². The topological polar surface area (TPSA) is 67.2 Å². The lowest BCUT2D eigenvalue weighted by Gasteiger charge is -2.34. The molecule has 3 heterocycles. The molecule has 1 amide bonds. The highest BCUT2D eigenvalue weighted by atomic mass is 32.2. The van der Waals surface area contributed by atoms with Crippen LogP contribution in [-0.4, -0.2) is 67.8 Å². The van der Waals surface area contributed by atoms with Gasteiger partial charge >= 0.3 is 0 Å². The normalized spacial score (nSPS) is 15.1. The third-order valence-electron chi connectivity index (χ3n) is 4.79. The Balaban J connectivity index is 1.30. The molecule has 7 nitrogen and oxygen atoms in total. The van der Waals surface area contributed by atoms with Gasteiger partial charge in [-0.2, -0.15) is 4.68 Å². The lowest BCUT2D eigenvalue weighted by molar-refractivity contribution is -0.130. The van der Waals surface area contributed by atoms with Gasteiger partial charge in [0.1, 0.15) is 0 Å². The molecule has 0 aliphatic carbocycles. The molecule has 1 saturated heterocycles. The number of hydrogen-bond donors (Lipinski definition) is 0. The van der Waals surface area contributed by atoms with Crippen molar-refractivity contribution in [1.82, 2.24) is 30.0 Å². The Kier molecular flexibility index (Phi) is 6.04. The van der Waals surface area contributed by atoms with Gasteiger partial charge in [0.25, 0.3) is 0 Å². The standard InChI is InChI=1S/C19H22N6OS2/c1-15-5-2-3-7-17(15)25-19(20-21-22-25)28-14-18(26)24-10-8-23(9-11-24)13-16-6-4-12-27-16/h2-7,12H,8-11,13-14H2,1H3. The average molecular weight is 415 g/mol. The fourth-order valence-electron chi connectivity index (χ4n) is 3.22. The Bertz CT molecular complexity index is 918. The highest BCUT2D eigenvalue weighted by Gasteiger charge is 2.22. The van der Waals surface area contributed by atoms with Gasteiger partial charge in [-0.1, -0.05) is 36.0 Å². The number of tetrazole rings is 1. The monoisotopic (exact) mass is 414 g/mol. The van der Waals surface area contributed by atoms with Crippen molar-refractivity contribution in [2.75, 3.05) is 31.9 Å². The predicted molar refractivity (Wildman–Crippen MR) is 111 cm³/mol. The highest BCUT2D eigenvalue weighted by molar-refractivity contribution is 7.99. The smallest absolute Gasteiger partial charge is 0.233 e. The van der Waals surface area contributed by atoms with Gasteiger partial charge in [-0.25, -0.2) is 0 Å². The minimum atomic E-state index is 0.139. The van der Waals surface area contributed by atoms with Gasteiger partial charge in [-0.05, 0) is 40.4 Å². The van der Waals surface area contributed by atoms with Gasteiger partial charge < -0.3 is 4.90 Å². The van der Waals surface area contributed by atoms with Gasteiger partial charge in [-0.3, -0.25) is 9.69 Å². The molecule has 28 heavy (non-hydrogen) atoms. The van der Waals surface area contributed by atoms with Crippen LogP contribution >= 0.6 is 23.1 Å². The Morgan fingerprint density at radius 1 is 1.14 bits per heavy atom. The summed E-state index contributed by atoms with van der Waals surface area (Å²) in [4.78, 5) is 18.4. The third-order valence-corrected chi connectivity index (χ3v) is 6.56. The van der Waals surface area contributed by atoms with Crippen LogP contribution in [0, 0.1) is 6.92 Å². The van der Waals surface area contributed by atoms with E-state index >= 15 is 0 Å². The van der Waals surface area contributed by atoms with E-state index in [2.05, 4.69) is 37.9 Å². The van der Waals surface area contributed by atoms with Crippen LogP contribution < -0.4 is 0 Å². The Morgan fingerprint density at radius 3 is 2.71 bits per heavy atom. The number of benzene rings is 1. The first-order valence-corrected chi connectivity index (χ1v) is 11.1. The molecule has 0 spiro atoms. The van der Waals surface area contributed by atoms with Crippen LogP contribution in [-0.2, 0) is 11.3 Å². The van der Waals surface area contributed by atoms with E-state index in [1.54, 1.807) is 16.0 Å². The highest BCUT2D eigenvalue weighted by Crippen LogP contribution is 2.21. The number of carbonyl (C=O) groups is 1. The number of hydrogen-bond acceptors (Lipinski definition) is 7. The molecule has 146 valence electrons. The molecular formula is C19H22N6OS2. The van der Waals surface area contributed by atoms with Crippen molar-refractivity contribution in [3.05, 3.63) is 52.2 Å². The van der Waals surface area contributed by atoms with Gasteiger partial charge in [0, 0.05) is 37.6 Å². The molecule has 1 aromatic carbocycles. The minimum Gasteiger partial charge on any atom is -0.339 e. The lowest BCUT2D eigenvalue weighted by atomic mass is 10.2. The van der Waals surface area contributed by atoms with Crippen molar-refractivity contribution in [2.24, 2.45) is 0 Å².